The van der Waals surface area contributed by atoms with E-state index < -0.39 is 17.4 Å². The number of nitrogens with one attached hydrogen (secondary N) is 1. The van der Waals surface area contributed by atoms with Crippen LogP contribution in [0, 0.1) is 11.3 Å². The molecular formula is C15H28N2O3. The number of amides is 1. The molecule has 1 amide bonds. The van der Waals surface area contributed by atoms with Gasteiger partial charge in [-0.2, -0.15) is 0 Å². The molecule has 3 N–H and O–H groups in total. The summed E-state index contributed by atoms with van der Waals surface area (Å²) in [6, 6.07) is -0.598. The number of ether oxygens (including phenoxy) is 1. The van der Waals surface area contributed by atoms with Crippen LogP contribution in [-0.2, 0) is 14.3 Å². The SMILES string of the molecule is COC(=O)C(NC(=O)C1(CN)CCCCCC1)C(C)C. The molecule has 1 saturated carbocycles. The molecular weight excluding hydrogens is 256 g/mol. The van der Waals surface area contributed by atoms with Crippen LogP contribution in [0.2, 0.25) is 0 Å². The predicted molar refractivity (Wildman–Crippen MR) is 78.0 cm³/mol. The zero-order valence-electron chi connectivity index (χ0n) is 12.9. The molecule has 116 valence electrons. The van der Waals surface area contributed by atoms with Gasteiger partial charge >= 0.3 is 5.97 Å². The molecule has 1 aliphatic carbocycles. The van der Waals surface area contributed by atoms with Gasteiger partial charge in [0.25, 0.3) is 0 Å². The van der Waals surface area contributed by atoms with Crippen LogP contribution in [0.3, 0.4) is 0 Å². The largest absolute Gasteiger partial charge is 0.467 e. The van der Waals surface area contributed by atoms with E-state index in [9.17, 15) is 9.59 Å². The molecule has 0 saturated heterocycles. The number of nitrogens with two attached hydrogens (primary N) is 1. The smallest absolute Gasteiger partial charge is 0.328 e. The minimum Gasteiger partial charge on any atom is -0.467 e. The fourth-order valence-electron chi connectivity index (χ4n) is 2.85. The van der Waals surface area contributed by atoms with Crippen LogP contribution in [0.1, 0.15) is 52.4 Å². The number of carbonyl (C=O) groups excluding carboxylic acids is 2. The standard InChI is InChI=1S/C15H28N2O3/c1-11(2)12(13(18)20-3)17-14(19)15(10-16)8-6-4-5-7-9-15/h11-12H,4-10,16H2,1-3H3,(H,17,19). The van der Waals surface area contributed by atoms with Gasteiger partial charge in [0.05, 0.1) is 12.5 Å². The number of rotatable bonds is 5. The summed E-state index contributed by atoms with van der Waals surface area (Å²) in [5, 5.41) is 2.86. The zero-order valence-corrected chi connectivity index (χ0v) is 12.9. The van der Waals surface area contributed by atoms with E-state index in [1.807, 2.05) is 13.8 Å². The van der Waals surface area contributed by atoms with E-state index in [-0.39, 0.29) is 11.8 Å². The molecule has 1 fully saturated rings. The fraction of sp³-hybridized carbons (Fsp3) is 0.867. The molecule has 0 heterocycles. The lowest BCUT2D eigenvalue weighted by Crippen LogP contribution is -2.53. The highest BCUT2D eigenvalue weighted by molar-refractivity contribution is 5.88. The first-order valence-electron chi connectivity index (χ1n) is 7.55. The Bertz CT molecular complexity index is 334. The van der Waals surface area contributed by atoms with Crippen molar-refractivity contribution in [1.29, 1.82) is 0 Å². The number of hydrogen-bond acceptors (Lipinski definition) is 4. The molecule has 1 atom stereocenters. The van der Waals surface area contributed by atoms with Crippen LogP contribution in [0.5, 0.6) is 0 Å². The van der Waals surface area contributed by atoms with E-state index >= 15 is 0 Å². The average Bonchev–Trinajstić information content (AvgIpc) is 2.69. The van der Waals surface area contributed by atoms with Gasteiger partial charge in [-0.25, -0.2) is 4.79 Å². The van der Waals surface area contributed by atoms with Crippen molar-refractivity contribution in [3.05, 3.63) is 0 Å². The van der Waals surface area contributed by atoms with Crippen LogP contribution in [0.4, 0.5) is 0 Å². The van der Waals surface area contributed by atoms with E-state index in [0.717, 1.165) is 38.5 Å². The second-order valence-corrected chi connectivity index (χ2v) is 6.12. The Morgan fingerprint density at radius 1 is 1.20 bits per heavy atom. The van der Waals surface area contributed by atoms with E-state index in [1.165, 1.54) is 7.11 Å². The number of carbonyl (C=O) groups is 2. The summed E-state index contributed by atoms with van der Waals surface area (Å²) < 4.78 is 4.77. The van der Waals surface area contributed by atoms with Crippen LogP contribution >= 0.6 is 0 Å². The second kappa shape index (κ2) is 7.62. The van der Waals surface area contributed by atoms with Crippen molar-refractivity contribution >= 4 is 11.9 Å². The van der Waals surface area contributed by atoms with E-state index in [2.05, 4.69) is 5.32 Å². The molecule has 0 aliphatic heterocycles. The van der Waals surface area contributed by atoms with Crippen LogP contribution in [0.25, 0.3) is 0 Å². The first-order valence-corrected chi connectivity index (χ1v) is 7.55. The van der Waals surface area contributed by atoms with E-state index in [1.54, 1.807) is 0 Å². The van der Waals surface area contributed by atoms with E-state index in [4.69, 9.17) is 10.5 Å². The van der Waals surface area contributed by atoms with Crippen molar-refractivity contribution in [2.75, 3.05) is 13.7 Å². The first kappa shape index (κ1) is 17.0. The van der Waals surface area contributed by atoms with Gasteiger partial charge < -0.3 is 15.8 Å². The fourth-order valence-corrected chi connectivity index (χ4v) is 2.85. The van der Waals surface area contributed by atoms with Gasteiger partial charge in [0.15, 0.2) is 0 Å². The number of hydrogen-bond donors (Lipinski definition) is 2. The van der Waals surface area contributed by atoms with Crippen molar-refractivity contribution in [3.8, 4) is 0 Å². The molecule has 0 radical (unpaired) electrons. The summed E-state index contributed by atoms with van der Waals surface area (Å²) in [7, 11) is 1.34. The number of methoxy groups -OCH3 is 1. The highest BCUT2D eigenvalue weighted by atomic mass is 16.5. The number of esters is 1. The molecule has 0 bridgehead atoms. The summed E-state index contributed by atoms with van der Waals surface area (Å²) in [5.74, 6) is -0.493. The average molecular weight is 284 g/mol. The van der Waals surface area contributed by atoms with Crippen molar-refractivity contribution in [1.82, 2.24) is 5.32 Å². The minimum atomic E-state index is -0.598. The Kier molecular flexibility index (Phi) is 6.46. The first-order chi connectivity index (χ1) is 9.46. The van der Waals surface area contributed by atoms with Gasteiger partial charge in [-0.1, -0.05) is 39.5 Å². The van der Waals surface area contributed by atoms with Crippen molar-refractivity contribution in [3.63, 3.8) is 0 Å². The summed E-state index contributed by atoms with van der Waals surface area (Å²) >= 11 is 0. The van der Waals surface area contributed by atoms with Crippen LogP contribution < -0.4 is 11.1 Å². The minimum absolute atomic E-state index is 0.00741. The molecule has 5 nitrogen and oxygen atoms in total. The summed E-state index contributed by atoms with van der Waals surface area (Å²) in [4.78, 5) is 24.4. The van der Waals surface area contributed by atoms with E-state index in [0.29, 0.717) is 6.54 Å². The topological polar surface area (TPSA) is 81.4 Å². The van der Waals surface area contributed by atoms with Crippen LogP contribution in [-0.4, -0.2) is 31.6 Å². The molecule has 1 unspecified atom stereocenters. The quantitative estimate of drug-likeness (QED) is 0.593. The normalized spacial score (nSPS) is 20.1. The molecule has 0 aromatic heterocycles. The van der Waals surface area contributed by atoms with Crippen molar-refractivity contribution in [2.24, 2.45) is 17.1 Å². The van der Waals surface area contributed by atoms with Gasteiger partial charge in [0.2, 0.25) is 5.91 Å². The van der Waals surface area contributed by atoms with Crippen molar-refractivity contribution in [2.45, 2.75) is 58.4 Å². The summed E-state index contributed by atoms with van der Waals surface area (Å²) in [6.07, 6.45) is 5.96. The molecule has 0 spiro atoms. The Balaban J connectivity index is 2.81. The second-order valence-electron chi connectivity index (χ2n) is 6.12. The Labute approximate surface area is 121 Å². The molecule has 0 aromatic rings. The lowest BCUT2D eigenvalue weighted by molar-refractivity contribution is -0.148. The Morgan fingerprint density at radius 3 is 2.15 bits per heavy atom. The molecule has 0 aromatic carbocycles. The third-order valence-corrected chi connectivity index (χ3v) is 4.34. The molecule has 1 rings (SSSR count). The highest BCUT2D eigenvalue weighted by Gasteiger charge is 2.39. The Hall–Kier alpha value is -1.10. The maximum absolute atomic E-state index is 12.6. The predicted octanol–water partition coefficient (Wildman–Crippen LogP) is 1.60. The third-order valence-electron chi connectivity index (χ3n) is 4.34. The van der Waals surface area contributed by atoms with Gasteiger partial charge in [0.1, 0.15) is 6.04 Å². The van der Waals surface area contributed by atoms with Crippen LogP contribution in [0.15, 0.2) is 0 Å². The molecule has 5 heteroatoms. The monoisotopic (exact) mass is 284 g/mol. The maximum atomic E-state index is 12.6. The highest BCUT2D eigenvalue weighted by Crippen LogP contribution is 2.34. The third kappa shape index (κ3) is 3.95. The van der Waals surface area contributed by atoms with Crippen molar-refractivity contribution < 1.29 is 14.3 Å². The van der Waals surface area contributed by atoms with Gasteiger partial charge in [-0.3, -0.25) is 4.79 Å². The van der Waals surface area contributed by atoms with Gasteiger partial charge in [0, 0.05) is 6.54 Å². The summed E-state index contributed by atoms with van der Waals surface area (Å²) in [5.41, 5.74) is 5.38. The Morgan fingerprint density at radius 2 is 1.75 bits per heavy atom. The van der Waals surface area contributed by atoms with Gasteiger partial charge in [-0.15, -0.1) is 0 Å². The lowest BCUT2D eigenvalue weighted by Gasteiger charge is -2.32. The van der Waals surface area contributed by atoms with Gasteiger partial charge in [-0.05, 0) is 18.8 Å². The lowest BCUT2D eigenvalue weighted by atomic mass is 9.79. The zero-order chi connectivity index (χ0) is 15.2. The molecule has 20 heavy (non-hydrogen) atoms. The maximum Gasteiger partial charge on any atom is 0.328 e. The summed E-state index contributed by atoms with van der Waals surface area (Å²) in [6.45, 7) is 4.12. The molecule has 1 aliphatic rings.